The lowest BCUT2D eigenvalue weighted by Gasteiger charge is -2.46. The standard InChI is InChI=1S/C19H38N4/c1-13-14(2)23(12-8-11-22(3)4)19-17(13)18(20)15-9-6-5-7-10-16(15)21-19/h13-19,21H,5-12,20H2,1-4H3. The third kappa shape index (κ3) is 3.46. The normalized spacial score (nSPS) is 44.9. The van der Waals surface area contributed by atoms with E-state index in [1.165, 1.54) is 51.6 Å². The zero-order valence-electron chi connectivity index (χ0n) is 15.7. The molecule has 7 unspecified atom stereocenters. The Morgan fingerprint density at radius 2 is 1.87 bits per heavy atom. The van der Waals surface area contributed by atoms with Crippen LogP contribution in [-0.2, 0) is 0 Å². The van der Waals surface area contributed by atoms with Gasteiger partial charge in [-0.3, -0.25) is 10.2 Å². The minimum Gasteiger partial charge on any atom is -0.327 e. The van der Waals surface area contributed by atoms with Crippen LogP contribution < -0.4 is 11.1 Å². The summed E-state index contributed by atoms with van der Waals surface area (Å²) in [6.45, 7) is 7.23. The molecule has 23 heavy (non-hydrogen) atoms. The van der Waals surface area contributed by atoms with Crippen molar-refractivity contribution in [2.75, 3.05) is 27.2 Å². The molecule has 0 aromatic rings. The molecule has 0 amide bonds. The van der Waals surface area contributed by atoms with Gasteiger partial charge in [0, 0.05) is 30.6 Å². The second-order valence-electron chi connectivity index (χ2n) is 8.67. The SMILES string of the molecule is CC1C2C(N)C3CCCCCC3NC2N(CCCN(C)C)C1C. The summed E-state index contributed by atoms with van der Waals surface area (Å²) in [5, 5.41) is 4.07. The van der Waals surface area contributed by atoms with Gasteiger partial charge in [0.25, 0.3) is 0 Å². The van der Waals surface area contributed by atoms with E-state index in [0.717, 1.165) is 0 Å². The fourth-order valence-corrected chi connectivity index (χ4v) is 5.57. The highest BCUT2D eigenvalue weighted by Crippen LogP contribution is 2.43. The second-order valence-corrected chi connectivity index (χ2v) is 8.67. The second kappa shape index (κ2) is 7.38. The van der Waals surface area contributed by atoms with Gasteiger partial charge in [-0.25, -0.2) is 0 Å². The van der Waals surface area contributed by atoms with Gasteiger partial charge >= 0.3 is 0 Å². The number of fused-ring (bicyclic) bond motifs is 2. The van der Waals surface area contributed by atoms with Crippen LogP contribution in [0.15, 0.2) is 0 Å². The first-order valence-corrected chi connectivity index (χ1v) is 9.93. The predicted molar refractivity (Wildman–Crippen MR) is 97.3 cm³/mol. The number of nitrogens with two attached hydrogens (primary N) is 1. The zero-order chi connectivity index (χ0) is 16.6. The molecule has 134 valence electrons. The van der Waals surface area contributed by atoms with Crippen LogP contribution in [-0.4, -0.2) is 61.3 Å². The summed E-state index contributed by atoms with van der Waals surface area (Å²) in [6.07, 6.45) is 8.58. The monoisotopic (exact) mass is 322 g/mol. The Morgan fingerprint density at radius 1 is 1.13 bits per heavy atom. The molecule has 0 aromatic heterocycles. The van der Waals surface area contributed by atoms with E-state index in [0.29, 0.717) is 42.0 Å². The molecule has 3 aliphatic rings. The lowest BCUT2D eigenvalue weighted by atomic mass is 9.72. The van der Waals surface area contributed by atoms with Crippen molar-refractivity contribution < 1.29 is 0 Å². The van der Waals surface area contributed by atoms with Crippen molar-refractivity contribution in [3.05, 3.63) is 0 Å². The van der Waals surface area contributed by atoms with Crippen LogP contribution >= 0.6 is 0 Å². The molecule has 0 radical (unpaired) electrons. The van der Waals surface area contributed by atoms with Gasteiger partial charge in [-0.05, 0) is 58.7 Å². The molecular weight excluding hydrogens is 284 g/mol. The van der Waals surface area contributed by atoms with Crippen LogP contribution in [0.2, 0.25) is 0 Å². The van der Waals surface area contributed by atoms with Crippen molar-refractivity contribution in [1.82, 2.24) is 15.1 Å². The van der Waals surface area contributed by atoms with Crippen LogP contribution in [0, 0.1) is 17.8 Å². The summed E-state index contributed by atoms with van der Waals surface area (Å²) in [7, 11) is 4.34. The average Bonchev–Trinajstić information content (AvgIpc) is 2.69. The van der Waals surface area contributed by atoms with Crippen molar-refractivity contribution in [2.45, 2.75) is 76.7 Å². The fraction of sp³-hybridized carbons (Fsp3) is 1.00. The summed E-state index contributed by atoms with van der Waals surface area (Å²) in [6, 6.07) is 1.69. The Bertz CT molecular complexity index is 386. The molecule has 4 nitrogen and oxygen atoms in total. The van der Waals surface area contributed by atoms with E-state index in [4.69, 9.17) is 5.73 Å². The van der Waals surface area contributed by atoms with Crippen LogP contribution in [0.25, 0.3) is 0 Å². The van der Waals surface area contributed by atoms with Crippen molar-refractivity contribution >= 4 is 0 Å². The minimum absolute atomic E-state index is 0.389. The van der Waals surface area contributed by atoms with Gasteiger partial charge < -0.3 is 10.6 Å². The molecule has 1 saturated carbocycles. The van der Waals surface area contributed by atoms with Crippen molar-refractivity contribution in [1.29, 1.82) is 0 Å². The van der Waals surface area contributed by atoms with Crippen LogP contribution in [0.4, 0.5) is 0 Å². The van der Waals surface area contributed by atoms with Crippen molar-refractivity contribution in [2.24, 2.45) is 23.5 Å². The first kappa shape index (κ1) is 17.7. The van der Waals surface area contributed by atoms with Gasteiger partial charge in [-0.2, -0.15) is 0 Å². The van der Waals surface area contributed by atoms with E-state index in [-0.39, 0.29) is 0 Å². The maximum Gasteiger partial charge on any atom is 0.0649 e. The average molecular weight is 323 g/mol. The third-order valence-corrected chi connectivity index (χ3v) is 7.03. The lowest BCUT2D eigenvalue weighted by Crippen LogP contribution is -2.64. The highest BCUT2D eigenvalue weighted by atomic mass is 15.3. The quantitative estimate of drug-likeness (QED) is 0.832. The summed E-state index contributed by atoms with van der Waals surface area (Å²) in [5.41, 5.74) is 6.86. The number of hydrogen-bond donors (Lipinski definition) is 2. The molecule has 3 N–H and O–H groups in total. The maximum absolute atomic E-state index is 6.86. The number of nitrogens with one attached hydrogen (secondary N) is 1. The van der Waals surface area contributed by atoms with Crippen molar-refractivity contribution in [3.63, 3.8) is 0 Å². The highest BCUT2D eigenvalue weighted by molar-refractivity contribution is 5.07. The van der Waals surface area contributed by atoms with Crippen LogP contribution in [0.5, 0.6) is 0 Å². The maximum atomic E-state index is 6.86. The van der Waals surface area contributed by atoms with Crippen LogP contribution in [0.3, 0.4) is 0 Å². The Balaban J connectivity index is 1.72. The minimum atomic E-state index is 0.389. The molecule has 0 bridgehead atoms. The molecule has 2 saturated heterocycles. The molecule has 2 aliphatic heterocycles. The Kier molecular flexibility index (Phi) is 5.67. The fourth-order valence-electron chi connectivity index (χ4n) is 5.57. The third-order valence-electron chi connectivity index (χ3n) is 7.03. The van der Waals surface area contributed by atoms with Gasteiger partial charge in [0.05, 0.1) is 6.17 Å². The summed E-state index contributed by atoms with van der Waals surface area (Å²) >= 11 is 0. The molecule has 3 rings (SSSR count). The van der Waals surface area contributed by atoms with E-state index in [2.05, 4.69) is 43.1 Å². The molecule has 4 heteroatoms. The summed E-state index contributed by atoms with van der Waals surface area (Å²) in [5.74, 6) is 2.03. The van der Waals surface area contributed by atoms with E-state index in [1.807, 2.05) is 0 Å². The first-order valence-electron chi connectivity index (χ1n) is 9.93. The topological polar surface area (TPSA) is 44.5 Å². The number of likely N-dealkylation sites (tertiary alicyclic amines) is 1. The van der Waals surface area contributed by atoms with Gasteiger partial charge in [-0.15, -0.1) is 0 Å². The zero-order valence-corrected chi connectivity index (χ0v) is 15.7. The molecule has 2 heterocycles. The summed E-state index contributed by atoms with van der Waals surface area (Å²) < 4.78 is 0. The number of nitrogens with zero attached hydrogens (tertiary/aromatic N) is 2. The Morgan fingerprint density at radius 3 is 2.61 bits per heavy atom. The molecule has 0 aromatic carbocycles. The molecule has 1 aliphatic carbocycles. The smallest absolute Gasteiger partial charge is 0.0649 e. The van der Waals surface area contributed by atoms with Crippen molar-refractivity contribution in [3.8, 4) is 0 Å². The van der Waals surface area contributed by atoms with E-state index in [1.54, 1.807) is 0 Å². The Hall–Kier alpha value is -0.160. The molecule has 0 spiro atoms. The predicted octanol–water partition coefficient (Wildman–Crippen LogP) is 2.10. The number of hydrogen-bond acceptors (Lipinski definition) is 4. The first-order chi connectivity index (χ1) is 11.0. The van der Waals surface area contributed by atoms with Gasteiger partial charge in [0.1, 0.15) is 0 Å². The van der Waals surface area contributed by atoms with E-state index in [9.17, 15) is 0 Å². The highest BCUT2D eigenvalue weighted by Gasteiger charge is 2.53. The summed E-state index contributed by atoms with van der Waals surface area (Å²) in [4.78, 5) is 5.03. The van der Waals surface area contributed by atoms with Gasteiger partial charge in [0.2, 0.25) is 0 Å². The number of rotatable bonds is 4. The number of piperidine rings is 1. The molecular formula is C19H38N4. The van der Waals surface area contributed by atoms with Gasteiger partial charge in [0.15, 0.2) is 0 Å². The Labute approximate surface area is 143 Å². The lowest BCUT2D eigenvalue weighted by molar-refractivity contribution is 0.0616. The van der Waals surface area contributed by atoms with E-state index >= 15 is 0 Å². The van der Waals surface area contributed by atoms with E-state index < -0.39 is 0 Å². The molecule has 7 atom stereocenters. The van der Waals surface area contributed by atoms with Gasteiger partial charge in [-0.1, -0.05) is 26.2 Å². The largest absolute Gasteiger partial charge is 0.327 e. The van der Waals surface area contributed by atoms with Crippen LogP contribution in [0.1, 0.15) is 52.4 Å². The molecule has 3 fully saturated rings.